The van der Waals surface area contributed by atoms with E-state index < -0.39 is 23.8 Å². The molecular weight excluding hydrogens is 414 g/mol. The Morgan fingerprint density at radius 1 is 1.12 bits per heavy atom. The zero-order valence-electron chi connectivity index (χ0n) is 18.9. The second-order valence-corrected chi connectivity index (χ2v) is 9.64. The van der Waals surface area contributed by atoms with E-state index in [1.54, 1.807) is 31.2 Å². The van der Waals surface area contributed by atoms with Crippen LogP contribution < -0.4 is 5.32 Å². The molecule has 3 rings (SSSR count). The fourth-order valence-electron chi connectivity index (χ4n) is 4.00. The van der Waals surface area contributed by atoms with E-state index in [2.05, 4.69) is 5.32 Å². The van der Waals surface area contributed by atoms with Crippen LogP contribution in [0, 0.1) is 17.0 Å². The summed E-state index contributed by atoms with van der Waals surface area (Å²) in [7, 11) is 0. The van der Waals surface area contributed by atoms with Crippen molar-refractivity contribution in [2.45, 2.75) is 58.7 Å². The van der Waals surface area contributed by atoms with Crippen LogP contribution in [0.2, 0.25) is 0 Å². The second kappa shape index (κ2) is 9.36. The molecule has 1 fully saturated rings. The maximum absolute atomic E-state index is 14.0. The minimum absolute atomic E-state index is 0.0938. The van der Waals surface area contributed by atoms with Gasteiger partial charge in [0.15, 0.2) is 0 Å². The summed E-state index contributed by atoms with van der Waals surface area (Å²) in [6.07, 6.45) is -0.257. The number of hydrogen-bond acceptors (Lipinski definition) is 3. The van der Waals surface area contributed by atoms with Crippen LogP contribution in [0.3, 0.4) is 0 Å². The summed E-state index contributed by atoms with van der Waals surface area (Å²) >= 11 is 0. The summed E-state index contributed by atoms with van der Waals surface area (Å²) in [5.41, 5.74) is 0.840. The minimum atomic E-state index is -0.736. The predicted molar refractivity (Wildman–Crippen MR) is 119 cm³/mol. The molecule has 0 bridgehead atoms. The van der Waals surface area contributed by atoms with E-state index in [9.17, 15) is 23.5 Å². The number of amides is 2. The Hall–Kier alpha value is -2.80. The number of carbonyl (C=O) groups excluding carboxylic acids is 2. The van der Waals surface area contributed by atoms with Crippen LogP contribution >= 0.6 is 0 Å². The molecule has 172 valence electrons. The molecule has 32 heavy (non-hydrogen) atoms. The number of halogens is 2. The zero-order valence-corrected chi connectivity index (χ0v) is 18.9. The number of nitrogens with one attached hydrogen (secondary N) is 1. The molecule has 2 N–H and O–H groups in total. The lowest BCUT2D eigenvalue weighted by molar-refractivity contribution is -0.140. The second-order valence-electron chi connectivity index (χ2n) is 9.64. The largest absolute Gasteiger partial charge is 0.391 e. The quantitative estimate of drug-likeness (QED) is 0.726. The van der Waals surface area contributed by atoms with Gasteiger partial charge in [0.05, 0.1) is 17.7 Å². The SMILES string of the molecule is C[C@H](NC(=O)[C@@H]1C[C@@H](O)CN1C(=O)CC(C)(C)C)c1ccc(-c2c(F)cccc2F)cc1. The fourth-order valence-corrected chi connectivity index (χ4v) is 4.00. The highest BCUT2D eigenvalue weighted by molar-refractivity contribution is 5.88. The Morgan fingerprint density at radius 2 is 1.72 bits per heavy atom. The van der Waals surface area contributed by atoms with Gasteiger partial charge in [-0.3, -0.25) is 9.59 Å². The minimum Gasteiger partial charge on any atom is -0.391 e. The third-order valence-corrected chi connectivity index (χ3v) is 5.60. The molecule has 1 heterocycles. The molecule has 0 unspecified atom stereocenters. The summed E-state index contributed by atoms with van der Waals surface area (Å²) in [5, 5.41) is 13.0. The van der Waals surface area contributed by atoms with Crippen molar-refractivity contribution in [2.24, 2.45) is 5.41 Å². The van der Waals surface area contributed by atoms with E-state index >= 15 is 0 Å². The Kier molecular flexibility index (Phi) is 6.98. The molecular formula is C25H30F2N2O3. The molecule has 0 spiro atoms. The van der Waals surface area contributed by atoms with Crippen molar-refractivity contribution in [3.05, 3.63) is 59.7 Å². The van der Waals surface area contributed by atoms with Crippen molar-refractivity contribution >= 4 is 11.8 Å². The Labute approximate surface area is 187 Å². The van der Waals surface area contributed by atoms with Crippen LogP contribution in [0.15, 0.2) is 42.5 Å². The molecule has 0 aliphatic carbocycles. The highest BCUT2D eigenvalue weighted by Crippen LogP contribution is 2.28. The van der Waals surface area contributed by atoms with E-state index in [1.165, 1.54) is 23.1 Å². The lowest BCUT2D eigenvalue weighted by atomic mass is 9.91. The molecule has 5 nitrogen and oxygen atoms in total. The molecule has 0 radical (unpaired) electrons. The van der Waals surface area contributed by atoms with Gasteiger partial charge in [-0.15, -0.1) is 0 Å². The van der Waals surface area contributed by atoms with Gasteiger partial charge in [0.2, 0.25) is 11.8 Å². The Morgan fingerprint density at radius 3 is 2.28 bits per heavy atom. The maximum Gasteiger partial charge on any atom is 0.243 e. The molecule has 7 heteroatoms. The fraction of sp³-hybridized carbons (Fsp3) is 0.440. The van der Waals surface area contributed by atoms with Gasteiger partial charge in [-0.05, 0) is 35.6 Å². The number of benzene rings is 2. The van der Waals surface area contributed by atoms with E-state index in [0.29, 0.717) is 5.56 Å². The van der Waals surface area contributed by atoms with Crippen LogP contribution in [-0.2, 0) is 9.59 Å². The van der Waals surface area contributed by atoms with Gasteiger partial charge >= 0.3 is 0 Å². The van der Waals surface area contributed by atoms with E-state index in [0.717, 1.165) is 5.56 Å². The van der Waals surface area contributed by atoms with Gasteiger partial charge in [0.25, 0.3) is 0 Å². The molecule has 0 aromatic heterocycles. The Balaban J connectivity index is 1.70. The van der Waals surface area contributed by atoms with E-state index in [-0.39, 0.29) is 48.2 Å². The summed E-state index contributed by atoms with van der Waals surface area (Å²) < 4.78 is 28.1. The summed E-state index contributed by atoms with van der Waals surface area (Å²) in [6.45, 7) is 7.79. The van der Waals surface area contributed by atoms with Crippen LogP contribution in [0.5, 0.6) is 0 Å². The molecule has 1 saturated heterocycles. The topological polar surface area (TPSA) is 69.6 Å². The summed E-state index contributed by atoms with van der Waals surface area (Å²) in [6, 6.07) is 9.24. The number of β-amino-alcohol motifs (C(OH)–C–C–N with tert-alkyl or cyclic N) is 1. The Bertz CT molecular complexity index is 965. The number of hydrogen-bond donors (Lipinski definition) is 2. The molecule has 0 saturated carbocycles. The van der Waals surface area contributed by atoms with Crippen LogP contribution in [0.4, 0.5) is 8.78 Å². The van der Waals surface area contributed by atoms with Crippen molar-refractivity contribution in [1.29, 1.82) is 0 Å². The van der Waals surface area contributed by atoms with Crippen molar-refractivity contribution < 1.29 is 23.5 Å². The predicted octanol–water partition coefficient (Wildman–Crippen LogP) is 4.21. The van der Waals surface area contributed by atoms with Gasteiger partial charge in [0, 0.05) is 19.4 Å². The van der Waals surface area contributed by atoms with Gasteiger partial charge in [-0.1, -0.05) is 51.1 Å². The molecule has 2 amide bonds. The number of likely N-dealkylation sites (tertiary alicyclic amines) is 1. The molecule has 2 aromatic rings. The smallest absolute Gasteiger partial charge is 0.243 e. The average molecular weight is 445 g/mol. The number of aliphatic hydroxyl groups excluding tert-OH is 1. The molecule has 3 atom stereocenters. The van der Waals surface area contributed by atoms with Crippen molar-refractivity contribution in [1.82, 2.24) is 10.2 Å². The van der Waals surface area contributed by atoms with Crippen molar-refractivity contribution in [2.75, 3.05) is 6.54 Å². The lowest BCUT2D eigenvalue weighted by Gasteiger charge is -2.28. The summed E-state index contributed by atoms with van der Waals surface area (Å²) in [4.78, 5) is 27.1. The lowest BCUT2D eigenvalue weighted by Crippen LogP contribution is -2.47. The van der Waals surface area contributed by atoms with Crippen LogP contribution in [0.1, 0.15) is 52.1 Å². The van der Waals surface area contributed by atoms with Gasteiger partial charge in [-0.25, -0.2) is 8.78 Å². The van der Waals surface area contributed by atoms with Crippen LogP contribution in [0.25, 0.3) is 11.1 Å². The van der Waals surface area contributed by atoms with Crippen LogP contribution in [-0.4, -0.2) is 40.5 Å². The molecule has 2 aromatic carbocycles. The zero-order chi connectivity index (χ0) is 23.6. The number of carbonyl (C=O) groups is 2. The summed E-state index contributed by atoms with van der Waals surface area (Å²) in [5.74, 6) is -1.77. The maximum atomic E-state index is 14.0. The monoisotopic (exact) mass is 444 g/mol. The first-order valence-electron chi connectivity index (χ1n) is 10.8. The number of aliphatic hydroxyl groups is 1. The number of rotatable bonds is 5. The third-order valence-electron chi connectivity index (χ3n) is 5.60. The third kappa shape index (κ3) is 5.51. The molecule has 1 aliphatic heterocycles. The molecule has 1 aliphatic rings. The highest BCUT2D eigenvalue weighted by Gasteiger charge is 2.40. The highest BCUT2D eigenvalue weighted by atomic mass is 19.1. The number of nitrogens with zero attached hydrogens (tertiary/aromatic N) is 1. The van der Waals surface area contributed by atoms with E-state index in [4.69, 9.17) is 0 Å². The van der Waals surface area contributed by atoms with E-state index in [1.807, 2.05) is 20.8 Å². The van der Waals surface area contributed by atoms with Gasteiger partial charge < -0.3 is 15.3 Å². The first kappa shape index (κ1) is 23.9. The first-order valence-corrected chi connectivity index (χ1v) is 10.8. The normalized spacial score (nSPS) is 19.7. The van der Waals surface area contributed by atoms with Crippen molar-refractivity contribution in [3.8, 4) is 11.1 Å². The van der Waals surface area contributed by atoms with Gasteiger partial charge in [0.1, 0.15) is 17.7 Å². The average Bonchev–Trinajstić information content (AvgIpc) is 3.09. The van der Waals surface area contributed by atoms with Crippen molar-refractivity contribution in [3.63, 3.8) is 0 Å². The van der Waals surface area contributed by atoms with Gasteiger partial charge in [-0.2, -0.15) is 0 Å². The standard InChI is InChI=1S/C25H30F2N2O3/c1-15(16-8-10-17(11-9-16)23-19(26)6-5-7-20(23)27)28-24(32)21-12-18(30)14-29(21)22(31)13-25(2,3)4/h5-11,15,18,21,30H,12-14H2,1-4H3,(H,28,32)/t15-,18+,21-/m0/s1. The first-order chi connectivity index (χ1) is 15.0.